The number of ether oxygens (including phenoxy) is 1. The summed E-state index contributed by atoms with van der Waals surface area (Å²) >= 11 is 6.30. The summed E-state index contributed by atoms with van der Waals surface area (Å²) in [7, 11) is 1.48. The second-order valence-corrected chi connectivity index (χ2v) is 9.56. The summed E-state index contributed by atoms with van der Waals surface area (Å²) in [5.74, 6) is -0.169. The lowest BCUT2D eigenvalue weighted by Gasteiger charge is -2.21. The number of amides is 2. The van der Waals surface area contributed by atoms with Crippen LogP contribution in [-0.4, -0.2) is 38.6 Å². The second-order valence-electron chi connectivity index (χ2n) is 9.12. The van der Waals surface area contributed by atoms with Gasteiger partial charge in [-0.3, -0.25) is 19.0 Å². The number of hydrogen-bond acceptors (Lipinski definition) is 8. The van der Waals surface area contributed by atoms with Crippen molar-refractivity contribution >= 4 is 29.1 Å². The topological polar surface area (TPSA) is 155 Å². The largest absolute Gasteiger partial charge is 0.495 e. The highest BCUT2D eigenvalue weighted by atomic mass is 35.5. The van der Waals surface area contributed by atoms with E-state index in [0.717, 1.165) is 11.1 Å². The third kappa shape index (κ3) is 6.15. The number of methoxy groups -OCH3 is 1. The van der Waals surface area contributed by atoms with Crippen LogP contribution in [0.15, 0.2) is 58.1 Å². The molecule has 0 aliphatic rings. The average molecular weight is 551 g/mol. The highest BCUT2D eigenvalue weighted by Crippen LogP contribution is 2.36. The van der Waals surface area contributed by atoms with Crippen molar-refractivity contribution in [3.63, 3.8) is 0 Å². The Morgan fingerprint density at radius 3 is 2.54 bits per heavy atom. The number of hydrogen-bond donors (Lipinski definition) is 2. The number of primary amides is 1. The molecule has 0 radical (unpaired) electrons. The zero-order chi connectivity index (χ0) is 28.3. The molecule has 0 bridgehead atoms. The molecule has 12 heteroatoms. The smallest absolute Gasteiger partial charge is 0.267 e. The van der Waals surface area contributed by atoms with E-state index in [1.807, 2.05) is 19.9 Å². The number of nitrogens with zero attached hydrogens (tertiary/aromatic N) is 4. The first-order chi connectivity index (χ1) is 18.6. The van der Waals surface area contributed by atoms with Gasteiger partial charge in [0.25, 0.3) is 11.5 Å². The number of rotatable bonds is 9. The van der Waals surface area contributed by atoms with Gasteiger partial charge in [-0.05, 0) is 41.3 Å². The molecule has 3 aromatic heterocycles. The summed E-state index contributed by atoms with van der Waals surface area (Å²) in [6, 6.07) is 8.70. The molecule has 0 saturated heterocycles. The second kappa shape index (κ2) is 11.5. The molecule has 4 rings (SSSR count). The van der Waals surface area contributed by atoms with Gasteiger partial charge in [0, 0.05) is 30.0 Å². The molecule has 0 saturated carbocycles. The Morgan fingerprint density at radius 2 is 1.95 bits per heavy atom. The molecule has 1 aromatic carbocycles. The van der Waals surface area contributed by atoms with E-state index in [2.05, 4.69) is 20.4 Å². The van der Waals surface area contributed by atoms with Gasteiger partial charge in [0.15, 0.2) is 5.82 Å². The molecule has 11 nitrogen and oxygen atoms in total. The van der Waals surface area contributed by atoms with Gasteiger partial charge in [-0.15, -0.1) is 0 Å². The number of nitrogens with two attached hydrogens (primary N) is 1. The zero-order valence-corrected chi connectivity index (χ0v) is 22.5. The van der Waals surface area contributed by atoms with Gasteiger partial charge < -0.3 is 20.3 Å². The van der Waals surface area contributed by atoms with Gasteiger partial charge in [0.1, 0.15) is 17.5 Å². The molecule has 1 atom stereocenters. The van der Waals surface area contributed by atoms with Crippen molar-refractivity contribution in [3.8, 4) is 16.9 Å². The minimum absolute atomic E-state index is 0.0464. The SMILES string of the molecule is COc1cn(C(Cc2noc(C)n2)C(=O)Nc2ccc(C(N)=O)nc2)c(=O)cc1-c1cc(Cl)ccc1C(C)C. The third-order valence-corrected chi connectivity index (χ3v) is 6.29. The maximum Gasteiger partial charge on any atom is 0.267 e. The standard InChI is InChI=1S/C27H27ClN6O5/c1-14(2)18-7-5-16(28)9-19(18)20-10-25(35)34(13-23(20)38-4)22(11-24-31-15(3)39-33-24)27(37)32-17-6-8-21(26(29)36)30-12-17/h5-10,12-14,22H,11H2,1-4H3,(H2,29,36)(H,32,37). The molecule has 0 fully saturated rings. The summed E-state index contributed by atoms with van der Waals surface area (Å²) in [5, 5.41) is 7.12. The lowest BCUT2D eigenvalue weighted by Crippen LogP contribution is -2.34. The number of aromatic nitrogens is 4. The molecule has 0 spiro atoms. The predicted molar refractivity (Wildman–Crippen MR) is 145 cm³/mol. The quantitative estimate of drug-likeness (QED) is 0.318. The Labute approximate surface area is 229 Å². The zero-order valence-electron chi connectivity index (χ0n) is 21.8. The molecule has 3 heterocycles. The van der Waals surface area contributed by atoms with Crippen molar-refractivity contribution < 1.29 is 18.8 Å². The van der Waals surface area contributed by atoms with Gasteiger partial charge in [0.05, 0.1) is 25.2 Å². The molecule has 0 aliphatic carbocycles. The number of aryl methyl sites for hydroxylation is 1. The van der Waals surface area contributed by atoms with Gasteiger partial charge >= 0.3 is 0 Å². The molecule has 2 amide bonds. The van der Waals surface area contributed by atoms with E-state index < -0.39 is 23.4 Å². The summed E-state index contributed by atoms with van der Waals surface area (Å²) in [5.41, 5.74) is 7.42. The first-order valence-electron chi connectivity index (χ1n) is 12.0. The Bertz CT molecular complexity index is 1580. The molecular weight excluding hydrogens is 524 g/mol. The van der Waals surface area contributed by atoms with Crippen LogP contribution in [0.25, 0.3) is 11.1 Å². The first-order valence-corrected chi connectivity index (χ1v) is 12.4. The van der Waals surface area contributed by atoms with Gasteiger partial charge in [-0.2, -0.15) is 4.98 Å². The average Bonchev–Trinajstić information content (AvgIpc) is 3.31. The van der Waals surface area contributed by atoms with Crippen LogP contribution in [0.1, 0.15) is 53.6 Å². The van der Waals surface area contributed by atoms with Crippen LogP contribution in [0, 0.1) is 6.92 Å². The molecule has 3 N–H and O–H groups in total. The van der Waals surface area contributed by atoms with E-state index in [1.165, 1.54) is 42.3 Å². The summed E-state index contributed by atoms with van der Waals surface area (Å²) in [6.07, 6.45) is 2.73. The number of anilines is 1. The minimum Gasteiger partial charge on any atom is -0.495 e. The van der Waals surface area contributed by atoms with Crippen LogP contribution in [0.5, 0.6) is 5.75 Å². The Balaban J connectivity index is 1.78. The van der Waals surface area contributed by atoms with Gasteiger partial charge in [-0.1, -0.05) is 36.7 Å². The number of carbonyl (C=O) groups excluding carboxylic acids is 2. The fourth-order valence-electron chi connectivity index (χ4n) is 4.16. The van der Waals surface area contributed by atoms with Crippen LogP contribution in [0.4, 0.5) is 5.69 Å². The highest BCUT2D eigenvalue weighted by molar-refractivity contribution is 6.30. The van der Waals surface area contributed by atoms with E-state index >= 15 is 0 Å². The van der Waals surface area contributed by atoms with Crippen LogP contribution >= 0.6 is 11.6 Å². The van der Waals surface area contributed by atoms with Crippen LogP contribution in [0.3, 0.4) is 0 Å². The Morgan fingerprint density at radius 1 is 1.18 bits per heavy atom. The fourth-order valence-corrected chi connectivity index (χ4v) is 4.34. The number of pyridine rings is 2. The van der Waals surface area contributed by atoms with E-state index in [4.69, 9.17) is 26.6 Å². The van der Waals surface area contributed by atoms with Crippen LogP contribution in [0.2, 0.25) is 5.02 Å². The fraction of sp³-hybridized carbons (Fsp3) is 0.259. The number of carbonyl (C=O) groups is 2. The minimum atomic E-state index is -1.09. The summed E-state index contributed by atoms with van der Waals surface area (Å²) < 4.78 is 12.0. The number of nitrogens with one attached hydrogen (secondary N) is 1. The maximum absolute atomic E-state index is 13.5. The number of halogens is 1. The lowest BCUT2D eigenvalue weighted by molar-refractivity contribution is -0.119. The summed E-state index contributed by atoms with van der Waals surface area (Å²) in [4.78, 5) is 46.5. The predicted octanol–water partition coefficient (Wildman–Crippen LogP) is 3.91. The van der Waals surface area contributed by atoms with E-state index in [-0.39, 0.29) is 23.9 Å². The lowest BCUT2D eigenvalue weighted by atomic mass is 9.92. The highest BCUT2D eigenvalue weighted by Gasteiger charge is 2.27. The number of benzene rings is 1. The molecule has 202 valence electrons. The van der Waals surface area contributed by atoms with Crippen molar-refractivity contribution in [2.24, 2.45) is 5.73 Å². The van der Waals surface area contributed by atoms with Crippen molar-refractivity contribution in [2.75, 3.05) is 12.4 Å². The van der Waals surface area contributed by atoms with Gasteiger partial charge in [0.2, 0.25) is 11.8 Å². The van der Waals surface area contributed by atoms with Crippen molar-refractivity contribution in [1.29, 1.82) is 0 Å². The summed E-state index contributed by atoms with van der Waals surface area (Å²) in [6.45, 7) is 5.70. The van der Waals surface area contributed by atoms with Gasteiger partial charge in [-0.25, -0.2) is 4.98 Å². The molecule has 1 unspecified atom stereocenters. The molecule has 39 heavy (non-hydrogen) atoms. The molecule has 4 aromatic rings. The molecular formula is C27H27ClN6O5. The first kappa shape index (κ1) is 27.5. The monoisotopic (exact) mass is 550 g/mol. The van der Waals surface area contributed by atoms with E-state index in [9.17, 15) is 14.4 Å². The van der Waals surface area contributed by atoms with Crippen molar-refractivity contribution in [3.05, 3.63) is 87.1 Å². The van der Waals surface area contributed by atoms with Crippen LogP contribution in [-0.2, 0) is 11.2 Å². The van der Waals surface area contributed by atoms with Crippen molar-refractivity contribution in [1.82, 2.24) is 19.7 Å². The van der Waals surface area contributed by atoms with E-state index in [0.29, 0.717) is 27.9 Å². The Hall–Kier alpha value is -4.51. The van der Waals surface area contributed by atoms with Crippen molar-refractivity contribution in [2.45, 2.75) is 39.2 Å². The Kier molecular flexibility index (Phi) is 8.10. The van der Waals surface area contributed by atoms with Crippen LogP contribution < -0.4 is 21.3 Å². The maximum atomic E-state index is 13.5. The third-order valence-electron chi connectivity index (χ3n) is 6.06. The normalized spacial score (nSPS) is 11.8. The molecule has 0 aliphatic heterocycles. The van der Waals surface area contributed by atoms with E-state index in [1.54, 1.807) is 19.1 Å².